The fraction of sp³-hybridized carbons (Fsp3) is 0.250. The Morgan fingerprint density at radius 2 is 2.10 bits per heavy atom. The molecule has 0 bridgehead atoms. The number of aryl methyl sites for hydroxylation is 1. The molecule has 0 radical (unpaired) electrons. The number of fused-ring (bicyclic) bond motifs is 1. The molecule has 0 amide bonds. The maximum absolute atomic E-state index is 11.8. The van der Waals surface area contributed by atoms with Gasteiger partial charge in [-0.3, -0.25) is 0 Å². The quantitative estimate of drug-likeness (QED) is 0.749. The smallest absolute Gasteiger partial charge is 0.354 e. The highest BCUT2D eigenvalue weighted by atomic mass is 16.5. The number of aromatic amines is 1. The molecule has 0 spiro atoms. The monoisotopic (exact) mass is 283 g/mol. The molecule has 2 aromatic heterocycles. The number of esters is 1. The molecule has 0 aliphatic rings. The largest absolute Gasteiger partial charge is 0.461 e. The second-order valence-corrected chi connectivity index (χ2v) is 4.87. The van der Waals surface area contributed by atoms with Crippen molar-refractivity contribution in [2.45, 2.75) is 20.4 Å². The third-order valence-electron chi connectivity index (χ3n) is 3.40. The van der Waals surface area contributed by atoms with Crippen LogP contribution in [0.1, 0.15) is 28.8 Å². The van der Waals surface area contributed by atoms with E-state index in [1.807, 2.05) is 25.1 Å². The minimum Gasteiger partial charge on any atom is -0.461 e. The Kier molecular flexibility index (Phi) is 3.48. The van der Waals surface area contributed by atoms with Crippen LogP contribution in [0.3, 0.4) is 0 Å². The summed E-state index contributed by atoms with van der Waals surface area (Å²) in [6.07, 6.45) is 0. The zero-order valence-electron chi connectivity index (χ0n) is 12.1. The molecule has 1 N–H and O–H groups in total. The number of rotatable bonds is 4. The molecule has 3 aromatic rings. The number of nitrogens with zero attached hydrogens (tertiary/aromatic N) is 2. The van der Waals surface area contributed by atoms with Crippen LogP contribution in [-0.2, 0) is 11.3 Å². The Hall–Kier alpha value is -2.56. The number of benzene rings is 1. The number of ether oxygens (including phenoxy) is 1. The van der Waals surface area contributed by atoms with E-state index in [4.69, 9.17) is 4.74 Å². The van der Waals surface area contributed by atoms with Crippen LogP contribution in [0.5, 0.6) is 0 Å². The van der Waals surface area contributed by atoms with Crippen molar-refractivity contribution in [1.29, 1.82) is 0 Å². The normalized spacial score (nSPS) is 11.0. The first kappa shape index (κ1) is 13.4. The summed E-state index contributed by atoms with van der Waals surface area (Å²) >= 11 is 0. The number of H-pyrrole nitrogens is 1. The first-order valence-electron chi connectivity index (χ1n) is 6.96. The molecule has 108 valence electrons. The van der Waals surface area contributed by atoms with Crippen LogP contribution in [0.15, 0.2) is 36.4 Å². The molecule has 0 fully saturated rings. The first-order valence-corrected chi connectivity index (χ1v) is 6.96. The lowest BCUT2D eigenvalue weighted by molar-refractivity contribution is 0.0520. The standard InChI is InChI=1S/C16H17N3O2/c1-3-21-16(20)14-9-13-15(18-14)19(11(2)17-13)10-12-7-5-4-6-8-12/h4-9,18H,3,10H2,1-2H3. The predicted octanol–water partition coefficient (Wildman–Crippen LogP) is 2.90. The molecule has 0 saturated carbocycles. The molecule has 0 aliphatic heterocycles. The van der Waals surface area contributed by atoms with Crippen LogP contribution in [0.4, 0.5) is 0 Å². The van der Waals surface area contributed by atoms with Gasteiger partial charge >= 0.3 is 5.97 Å². The molecular formula is C16H17N3O2. The van der Waals surface area contributed by atoms with Gasteiger partial charge in [0.2, 0.25) is 0 Å². The molecular weight excluding hydrogens is 266 g/mol. The second-order valence-electron chi connectivity index (χ2n) is 4.87. The van der Waals surface area contributed by atoms with Gasteiger partial charge in [-0.2, -0.15) is 0 Å². The van der Waals surface area contributed by atoms with Gasteiger partial charge in [0.15, 0.2) is 0 Å². The zero-order chi connectivity index (χ0) is 14.8. The van der Waals surface area contributed by atoms with Crippen molar-refractivity contribution in [1.82, 2.24) is 14.5 Å². The Balaban J connectivity index is 1.98. The average Bonchev–Trinajstić information content (AvgIpc) is 3.00. The number of carbonyl (C=O) groups excluding carboxylic acids is 1. The summed E-state index contributed by atoms with van der Waals surface area (Å²) in [7, 11) is 0. The fourth-order valence-corrected chi connectivity index (χ4v) is 2.40. The van der Waals surface area contributed by atoms with E-state index in [0.717, 1.165) is 17.0 Å². The summed E-state index contributed by atoms with van der Waals surface area (Å²) in [6, 6.07) is 11.9. The maximum atomic E-state index is 11.8. The van der Waals surface area contributed by atoms with E-state index >= 15 is 0 Å². The summed E-state index contributed by atoms with van der Waals surface area (Å²) < 4.78 is 7.07. The van der Waals surface area contributed by atoms with Crippen molar-refractivity contribution in [3.63, 3.8) is 0 Å². The van der Waals surface area contributed by atoms with Crippen LogP contribution in [0.25, 0.3) is 11.2 Å². The summed E-state index contributed by atoms with van der Waals surface area (Å²) in [5.41, 5.74) is 3.26. The number of hydrogen-bond acceptors (Lipinski definition) is 3. The number of carbonyl (C=O) groups is 1. The third kappa shape index (κ3) is 2.54. The number of imidazole rings is 1. The maximum Gasteiger partial charge on any atom is 0.354 e. The van der Waals surface area contributed by atoms with Crippen LogP contribution in [0, 0.1) is 6.92 Å². The molecule has 5 nitrogen and oxygen atoms in total. The zero-order valence-corrected chi connectivity index (χ0v) is 12.1. The SMILES string of the molecule is CCOC(=O)c1cc2nc(C)n(Cc3ccccc3)c2[nH]1. The minimum absolute atomic E-state index is 0.348. The van der Waals surface area contributed by atoms with E-state index in [1.54, 1.807) is 13.0 Å². The van der Waals surface area contributed by atoms with Crippen molar-refractivity contribution >= 4 is 17.1 Å². The fourth-order valence-electron chi connectivity index (χ4n) is 2.40. The highest BCUT2D eigenvalue weighted by Gasteiger charge is 2.15. The van der Waals surface area contributed by atoms with Gasteiger partial charge in [-0.25, -0.2) is 9.78 Å². The number of aromatic nitrogens is 3. The lowest BCUT2D eigenvalue weighted by atomic mass is 10.2. The molecule has 21 heavy (non-hydrogen) atoms. The highest BCUT2D eigenvalue weighted by molar-refractivity contribution is 5.93. The molecule has 0 aliphatic carbocycles. The summed E-state index contributed by atoms with van der Waals surface area (Å²) in [5, 5.41) is 0. The third-order valence-corrected chi connectivity index (χ3v) is 3.40. The van der Waals surface area contributed by atoms with Gasteiger partial charge in [0.05, 0.1) is 13.2 Å². The lowest BCUT2D eigenvalue weighted by Gasteiger charge is -2.06. The van der Waals surface area contributed by atoms with E-state index in [2.05, 4.69) is 26.7 Å². The Bertz CT molecular complexity index is 772. The Labute approximate surface area is 122 Å². The predicted molar refractivity (Wildman–Crippen MR) is 80.3 cm³/mol. The van der Waals surface area contributed by atoms with E-state index < -0.39 is 0 Å². The van der Waals surface area contributed by atoms with Gasteiger partial charge in [-0.1, -0.05) is 30.3 Å². The van der Waals surface area contributed by atoms with E-state index in [9.17, 15) is 4.79 Å². The van der Waals surface area contributed by atoms with Crippen LogP contribution >= 0.6 is 0 Å². The lowest BCUT2D eigenvalue weighted by Crippen LogP contribution is -2.06. The van der Waals surface area contributed by atoms with Gasteiger partial charge in [0, 0.05) is 0 Å². The second kappa shape index (κ2) is 5.44. The Morgan fingerprint density at radius 3 is 2.81 bits per heavy atom. The van der Waals surface area contributed by atoms with E-state index in [-0.39, 0.29) is 5.97 Å². The van der Waals surface area contributed by atoms with Crippen molar-refractivity contribution in [3.05, 3.63) is 53.5 Å². The van der Waals surface area contributed by atoms with Crippen molar-refractivity contribution in [2.75, 3.05) is 6.61 Å². The molecule has 1 aromatic carbocycles. The summed E-state index contributed by atoms with van der Waals surface area (Å²) in [5.74, 6) is 0.565. The summed E-state index contributed by atoms with van der Waals surface area (Å²) in [6.45, 7) is 4.82. The molecule has 3 rings (SSSR count). The summed E-state index contributed by atoms with van der Waals surface area (Å²) in [4.78, 5) is 19.4. The van der Waals surface area contributed by atoms with Crippen LogP contribution < -0.4 is 0 Å². The highest BCUT2D eigenvalue weighted by Crippen LogP contribution is 2.19. The first-order chi connectivity index (χ1) is 10.2. The van der Waals surface area contributed by atoms with E-state index in [0.29, 0.717) is 18.8 Å². The van der Waals surface area contributed by atoms with E-state index in [1.165, 1.54) is 5.56 Å². The number of hydrogen-bond donors (Lipinski definition) is 1. The molecule has 0 saturated heterocycles. The van der Waals surface area contributed by atoms with Gasteiger partial charge in [0.1, 0.15) is 22.7 Å². The topological polar surface area (TPSA) is 59.9 Å². The molecule has 0 unspecified atom stereocenters. The van der Waals surface area contributed by atoms with Gasteiger partial charge < -0.3 is 14.3 Å². The molecule has 2 heterocycles. The van der Waals surface area contributed by atoms with Crippen molar-refractivity contribution < 1.29 is 9.53 Å². The van der Waals surface area contributed by atoms with Crippen LogP contribution in [0.2, 0.25) is 0 Å². The van der Waals surface area contributed by atoms with Gasteiger partial charge in [-0.05, 0) is 25.5 Å². The number of nitrogens with one attached hydrogen (secondary N) is 1. The Morgan fingerprint density at radius 1 is 1.33 bits per heavy atom. The van der Waals surface area contributed by atoms with Crippen LogP contribution in [-0.4, -0.2) is 27.1 Å². The average molecular weight is 283 g/mol. The van der Waals surface area contributed by atoms with Crippen molar-refractivity contribution in [3.8, 4) is 0 Å². The van der Waals surface area contributed by atoms with Gasteiger partial charge in [0.25, 0.3) is 0 Å². The van der Waals surface area contributed by atoms with Crippen molar-refractivity contribution in [2.24, 2.45) is 0 Å². The molecule has 0 atom stereocenters. The van der Waals surface area contributed by atoms with Gasteiger partial charge in [-0.15, -0.1) is 0 Å². The minimum atomic E-state index is -0.348. The molecule has 5 heteroatoms.